The molecule has 0 amide bonds. The minimum Gasteiger partial charge on any atom is -0.333 e. The Morgan fingerprint density at radius 2 is 1.94 bits per heavy atom. The van der Waals surface area contributed by atoms with E-state index in [2.05, 4.69) is 37.2 Å². The van der Waals surface area contributed by atoms with E-state index in [1.165, 1.54) is 12.1 Å². The zero-order valence-corrected chi connectivity index (χ0v) is 11.0. The van der Waals surface area contributed by atoms with Crippen molar-refractivity contribution < 1.29 is 0 Å². The Bertz CT molecular complexity index is 302. The molecule has 0 aliphatic rings. The first-order valence-electron chi connectivity index (χ1n) is 6.26. The molecular formula is C13H25N3. The van der Waals surface area contributed by atoms with Gasteiger partial charge in [-0.1, -0.05) is 27.7 Å². The molecule has 1 unspecified atom stereocenters. The van der Waals surface area contributed by atoms with Crippen LogP contribution in [0.1, 0.15) is 52.3 Å². The highest BCUT2D eigenvalue weighted by atomic mass is 15.1. The quantitative estimate of drug-likeness (QED) is 0.805. The number of nitrogens with two attached hydrogens (primary N) is 1. The molecule has 0 aliphatic heterocycles. The van der Waals surface area contributed by atoms with Gasteiger partial charge < -0.3 is 10.3 Å². The normalized spacial score (nSPS) is 13.7. The lowest BCUT2D eigenvalue weighted by molar-refractivity contribution is 0.460. The van der Waals surface area contributed by atoms with Gasteiger partial charge in [-0.2, -0.15) is 0 Å². The van der Waals surface area contributed by atoms with Crippen LogP contribution in [0, 0.1) is 11.8 Å². The molecule has 2 N–H and O–H groups in total. The van der Waals surface area contributed by atoms with Crippen LogP contribution in [0.15, 0.2) is 12.5 Å². The number of imidazole rings is 1. The lowest BCUT2D eigenvalue weighted by atomic mass is 10.0. The van der Waals surface area contributed by atoms with Crippen LogP contribution in [0.25, 0.3) is 0 Å². The molecule has 3 heteroatoms. The summed E-state index contributed by atoms with van der Waals surface area (Å²) in [5.74, 6) is 1.35. The predicted octanol–water partition coefficient (Wildman–Crippen LogP) is 2.98. The van der Waals surface area contributed by atoms with Crippen molar-refractivity contribution in [3.63, 3.8) is 0 Å². The van der Waals surface area contributed by atoms with Crippen LogP contribution >= 0.6 is 0 Å². The minimum absolute atomic E-state index is 0.120. The number of aryl methyl sites for hydroxylation is 1. The highest BCUT2D eigenvalue weighted by Gasteiger charge is 2.13. The maximum absolute atomic E-state index is 6.19. The van der Waals surface area contributed by atoms with E-state index >= 15 is 0 Å². The van der Waals surface area contributed by atoms with Crippen LogP contribution in [0.3, 0.4) is 0 Å². The fourth-order valence-electron chi connectivity index (χ4n) is 1.85. The molecule has 0 aliphatic carbocycles. The molecule has 1 rings (SSSR count). The fraction of sp³-hybridized carbons (Fsp3) is 0.769. The topological polar surface area (TPSA) is 43.8 Å². The van der Waals surface area contributed by atoms with Crippen LogP contribution in [0.5, 0.6) is 0 Å². The van der Waals surface area contributed by atoms with Crippen LogP contribution in [-0.4, -0.2) is 9.55 Å². The largest absolute Gasteiger partial charge is 0.333 e. The highest BCUT2D eigenvalue weighted by molar-refractivity contribution is 5.04. The lowest BCUT2D eigenvalue weighted by Crippen LogP contribution is -2.17. The summed E-state index contributed by atoms with van der Waals surface area (Å²) in [5.41, 5.74) is 7.36. The number of aromatic nitrogens is 2. The van der Waals surface area contributed by atoms with Crippen molar-refractivity contribution in [1.29, 1.82) is 0 Å². The van der Waals surface area contributed by atoms with Gasteiger partial charge in [-0.3, -0.25) is 0 Å². The van der Waals surface area contributed by atoms with Gasteiger partial charge >= 0.3 is 0 Å². The van der Waals surface area contributed by atoms with Crippen molar-refractivity contribution in [2.75, 3.05) is 0 Å². The number of hydrogen-bond donors (Lipinski definition) is 1. The van der Waals surface area contributed by atoms with Crippen molar-refractivity contribution in [2.45, 2.75) is 53.1 Å². The number of nitrogens with zero attached hydrogens (tertiary/aromatic N) is 2. The van der Waals surface area contributed by atoms with E-state index in [9.17, 15) is 0 Å². The average Bonchev–Trinajstić information content (AvgIpc) is 2.61. The van der Waals surface area contributed by atoms with E-state index in [1.807, 2.05) is 12.5 Å². The van der Waals surface area contributed by atoms with E-state index in [0.717, 1.165) is 18.9 Å². The van der Waals surface area contributed by atoms with Crippen LogP contribution in [0.2, 0.25) is 0 Å². The van der Waals surface area contributed by atoms with E-state index in [4.69, 9.17) is 5.73 Å². The van der Waals surface area contributed by atoms with Gasteiger partial charge in [-0.15, -0.1) is 0 Å². The zero-order chi connectivity index (χ0) is 12.1. The Hall–Kier alpha value is -0.830. The Morgan fingerprint density at radius 1 is 1.25 bits per heavy atom. The molecule has 0 fully saturated rings. The Kier molecular flexibility index (Phi) is 5.00. The summed E-state index contributed by atoms with van der Waals surface area (Å²) in [7, 11) is 0. The standard InChI is InChI=1S/C13H25N3/c1-10(2)5-6-16-9-15-8-13(16)12(14)7-11(3)4/h8-12H,5-7,14H2,1-4H3. The summed E-state index contributed by atoms with van der Waals surface area (Å²) in [4.78, 5) is 4.21. The van der Waals surface area contributed by atoms with Crippen molar-refractivity contribution in [2.24, 2.45) is 17.6 Å². The summed E-state index contributed by atoms with van der Waals surface area (Å²) < 4.78 is 2.20. The van der Waals surface area contributed by atoms with Crippen LogP contribution < -0.4 is 5.73 Å². The Balaban J connectivity index is 2.62. The lowest BCUT2D eigenvalue weighted by Gasteiger charge is -2.17. The van der Waals surface area contributed by atoms with E-state index in [-0.39, 0.29) is 6.04 Å². The van der Waals surface area contributed by atoms with Gasteiger partial charge in [-0.05, 0) is 24.7 Å². The third-order valence-corrected chi connectivity index (χ3v) is 2.80. The van der Waals surface area contributed by atoms with Gasteiger partial charge in [0.25, 0.3) is 0 Å². The molecule has 0 bridgehead atoms. The molecule has 0 spiro atoms. The maximum Gasteiger partial charge on any atom is 0.0948 e. The molecule has 0 radical (unpaired) electrons. The van der Waals surface area contributed by atoms with Gasteiger partial charge in [0, 0.05) is 18.8 Å². The monoisotopic (exact) mass is 223 g/mol. The van der Waals surface area contributed by atoms with Crippen molar-refractivity contribution in [3.8, 4) is 0 Å². The van der Waals surface area contributed by atoms with Gasteiger partial charge in [0.15, 0.2) is 0 Å². The zero-order valence-electron chi connectivity index (χ0n) is 11.0. The molecule has 1 aromatic heterocycles. The number of rotatable bonds is 6. The molecular weight excluding hydrogens is 198 g/mol. The number of hydrogen-bond acceptors (Lipinski definition) is 2. The van der Waals surface area contributed by atoms with Crippen molar-refractivity contribution >= 4 is 0 Å². The van der Waals surface area contributed by atoms with Gasteiger partial charge in [0.1, 0.15) is 0 Å². The summed E-state index contributed by atoms with van der Waals surface area (Å²) in [6, 6.07) is 0.120. The predicted molar refractivity (Wildman–Crippen MR) is 68.1 cm³/mol. The molecule has 0 saturated carbocycles. The summed E-state index contributed by atoms with van der Waals surface area (Å²) in [6.07, 6.45) is 6.01. The van der Waals surface area contributed by atoms with Gasteiger partial charge in [0.05, 0.1) is 12.0 Å². The summed E-state index contributed by atoms with van der Waals surface area (Å²) in [5, 5.41) is 0. The second-order valence-corrected chi connectivity index (χ2v) is 5.43. The highest BCUT2D eigenvalue weighted by Crippen LogP contribution is 2.19. The third-order valence-electron chi connectivity index (χ3n) is 2.80. The van der Waals surface area contributed by atoms with E-state index < -0.39 is 0 Å². The van der Waals surface area contributed by atoms with Crippen molar-refractivity contribution in [3.05, 3.63) is 18.2 Å². The fourth-order valence-corrected chi connectivity index (χ4v) is 1.85. The average molecular weight is 223 g/mol. The second-order valence-electron chi connectivity index (χ2n) is 5.43. The third kappa shape index (κ3) is 3.97. The van der Waals surface area contributed by atoms with Crippen LogP contribution in [-0.2, 0) is 6.54 Å². The smallest absolute Gasteiger partial charge is 0.0948 e. The maximum atomic E-state index is 6.19. The first-order valence-corrected chi connectivity index (χ1v) is 6.26. The first-order chi connectivity index (χ1) is 7.50. The second kappa shape index (κ2) is 6.04. The Morgan fingerprint density at radius 3 is 2.50 bits per heavy atom. The summed E-state index contributed by atoms with van der Waals surface area (Å²) >= 11 is 0. The molecule has 1 atom stereocenters. The van der Waals surface area contributed by atoms with Gasteiger partial charge in [0.2, 0.25) is 0 Å². The molecule has 16 heavy (non-hydrogen) atoms. The molecule has 0 saturated heterocycles. The minimum atomic E-state index is 0.120. The summed E-state index contributed by atoms with van der Waals surface area (Å²) in [6.45, 7) is 9.91. The van der Waals surface area contributed by atoms with E-state index in [0.29, 0.717) is 5.92 Å². The van der Waals surface area contributed by atoms with Crippen molar-refractivity contribution in [1.82, 2.24) is 9.55 Å². The Labute approximate surface area is 99.1 Å². The van der Waals surface area contributed by atoms with Crippen LogP contribution in [0.4, 0.5) is 0 Å². The molecule has 3 nitrogen and oxygen atoms in total. The first kappa shape index (κ1) is 13.2. The van der Waals surface area contributed by atoms with E-state index in [1.54, 1.807) is 0 Å². The molecule has 0 aromatic carbocycles. The molecule has 92 valence electrons. The SMILES string of the molecule is CC(C)CCn1cncc1C(N)CC(C)C. The molecule has 1 heterocycles. The van der Waals surface area contributed by atoms with Gasteiger partial charge in [-0.25, -0.2) is 4.98 Å². The molecule has 1 aromatic rings.